The predicted molar refractivity (Wildman–Crippen MR) is 108 cm³/mol. The number of non-ortho nitro benzene ring substituents is 1. The summed E-state index contributed by atoms with van der Waals surface area (Å²) in [5.74, 6) is -0.0644. The second kappa shape index (κ2) is 11.0. The normalized spacial score (nSPS) is 10.4. The fourth-order valence-corrected chi connectivity index (χ4v) is 2.73. The van der Waals surface area contributed by atoms with Crippen LogP contribution in [-0.4, -0.2) is 23.9 Å². The summed E-state index contributed by atoms with van der Waals surface area (Å²) in [4.78, 5) is 22.4. The number of unbranched alkanes of at least 4 members (excludes halogenated alkanes) is 2. The lowest BCUT2D eigenvalue weighted by Crippen LogP contribution is -2.25. The first-order valence-electron chi connectivity index (χ1n) is 9.45. The quantitative estimate of drug-likeness (QED) is 0.345. The van der Waals surface area contributed by atoms with Gasteiger partial charge in [0.2, 0.25) is 0 Å². The van der Waals surface area contributed by atoms with Crippen LogP contribution in [0, 0.1) is 10.1 Å². The lowest BCUT2D eigenvalue weighted by atomic mass is 10.1. The van der Waals surface area contributed by atoms with Crippen molar-refractivity contribution in [2.45, 2.75) is 39.0 Å². The first kappa shape index (κ1) is 20.4. The van der Waals surface area contributed by atoms with E-state index in [4.69, 9.17) is 0 Å². The van der Waals surface area contributed by atoms with E-state index < -0.39 is 4.92 Å². The number of hydrogen-bond acceptors (Lipinski definition) is 4. The Balaban J connectivity index is 1.66. The van der Waals surface area contributed by atoms with E-state index in [1.807, 2.05) is 24.3 Å². The zero-order valence-corrected chi connectivity index (χ0v) is 15.7. The first-order valence-corrected chi connectivity index (χ1v) is 9.45. The molecule has 0 aliphatic carbocycles. The minimum Gasteiger partial charge on any atom is -0.385 e. The van der Waals surface area contributed by atoms with Crippen LogP contribution < -0.4 is 10.6 Å². The first-order chi connectivity index (χ1) is 13.1. The van der Waals surface area contributed by atoms with E-state index in [1.54, 1.807) is 12.1 Å². The maximum Gasteiger partial charge on any atom is 0.269 e. The molecular formula is C21H27N3O3. The lowest BCUT2D eigenvalue weighted by Gasteiger charge is -2.08. The molecule has 0 saturated carbocycles. The molecule has 0 bridgehead atoms. The molecule has 2 rings (SSSR count). The van der Waals surface area contributed by atoms with Gasteiger partial charge in [0.05, 0.1) is 4.92 Å². The SMILES string of the molecule is CCCCCc1ccc(C(=O)NCCCNc2ccc([N+](=O)[O-])cc2)cc1. The van der Waals surface area contributed by atoms with Crippen LogP contribution in [0.5, 0.6) is 0 Å². The third-order valence-electron chi connectivity index (χ3n) is 4.33. The molecule has 0 aromatic heterocycles. The van der Waals surface area contributed by atoms with Crippen molar-refractivity contribution < 1.29 is 9.72 Å². The number of carbonyl (C=O) groups is 1. The van der Waals surface area contributed by atoms with Crippen LogP contribution in [-0.2, 0) is 6.42 Å². The molecule has 0 atom stereocenters. The Morgan fingerprint density at radius 3 is 2.30 bits per heavy atom. The van der Waals surface area contributed by atoms with Gasteiger partial charge in [-0.2, -0.15) is 0 Å². The van der Waals surface area contributed by atoms with Gasteiger partial charge in [0.1, 0.15) is 0 Å². The summed E-state index contributed by atoms with van der Waals surface area (Å²) in [6.45, 7) is 3.43. The monoisotopic (exact) mass is 369 g/mol. The summed E-state index contributed by atoms with van der Waals surface area (Å²) >= 11 is 0. The van der Waals surface area contributed by atoms with E-state index in [1.165, 1.54) is 37.0 Å². The van der Waals surface area contributed by atoms with E-state index >= 15 is 0 Å². The smallest absolute Gasteiger partial charge is 0.269 e. The summed E-state index contributed by atoms with van der Waals surface area (Å²) in [5.41, 5.74) is 2.85. The van der Waals surface area contributed by atoms with Crippen LogP contribution in [0.4, 0.5) is 11.4 Å². The van der Waals surface area contributed by atoms with Crippen molar-refractivity contribution in [3.05, 3.63) is 69.8 Å². The minimum atomic E-state index is -0.420. The van der Waals surface area contributed by atoms with Crippen molar-refractivity contribution in [1.82, 2.24) is 5.32 Å². The highest BCUT2D eigenvalue weighted by molar-refractivity contribution is 5.94. The standard InChI is InChI=1S/C21H27N3O3/c1-2-3-4-6-17-7-9-18(10-8-17)21(25)23-16-5-15-22-19-11-13-20(14-12-19)24(26)27/h7-14,22H,2-6,15-16H2,1H3,(H,23,25). The van der Waals surface area contributed by atoms with Gasteiger partial charge in [0, 0.05) is 36.5 Å². The largest absolute Gasteiger partial charge is 0.385 e. The maximum absolute atomic E-state index is 12.2. The molecule has 0 unspecified atom stereocenters. The van der Waals surface area contributed by atoms with Crippen LogP contribution in [0.1, 0.15) is 48.5 Å². The average molecular weight is 369 g/mol. The number of nitrogens with one attached hydrogen (secondary N) is 2. The Labute approximate surface area is 160 Å². The Kier molecular flexibility index (Phi) is 8.29. The number of carbonyl (C=O) groups excluding carboxylic acids is 1. The molecule has 2 aromatic rings. The topological polar surface area (TPSA) is 84.3 Å². The maximum atomic E-state index is 12.2. The van der Waals surface area contributed by atoms with Crippen molar-refractivity contribution in [2.24, 2.45) is 0 Å². The number of anilines is 1. The van der Waals surface area contributed by atoms with Gasteiger partial charge in [-0.15, -0.1) is 0 Å². The fraction of sp³-hybridized carbons (Fsp3) is 0.381. The number of hydrogen-bond donors (Lipinski definition) is 2. The minimum absolute atomic E-state index is 0.0644. The number of benzene rings is 2. The molecule has 0 saturated heterocycles. The second-order valence-corrected chi connectivity index (χ2v) is 6.49. The molecule has 2 aromatic carbocycles. The Morgan fingerprint density at radius 1 is 0.963 bits per heavy atom. The molecule has 0 aliphatic rings. The van der Waals surface area contributed by atoms with Gasteiger partial charge < -0.3 is 10.6 Å². The van der Waals surface area contributed by atoms with Gasteiger partial charge >= 0.3 is 0 Å². The molecule has 0 spiro atoms. The molecule has 144 valence electrons. The average Bonchev–Trinajstić information content (AvgIpc) is 2.68. The van der Waals surface area contributed by atoms with E-state index in [9.17, 15) is 14.9 Å². The number of aryl methyl sites for hydroxylation is 1. The van der Waals surface area contributed by atoms with Crippen molar-refractivity contribution in [1.29, 1.82) is 0 Å². The predicted octanol–water partition coefficient (Wildman–Crippen LogP) is 4.56. The number of nitro benzene ring substituents is 1. The summed E-state index contributed by atoms with van der Waals surface area (Å²) < 4.78 is 0. The van der Waals surface area contributed by atoms with E-state index in [2.05, 4.69) is 17.6 Å². The van der Waals surface area contributed by atoms with Gasteiger partial charge in [-0.1, -0.05) is 31.9 Å². The summed E-state index contributed by atoms with van der Waals surface area (Å²) in [6, 6.07) is 14.1. The molecule has 1 amide bonds. The molecule has 2 N–H and O–H groups in total. The number of nitro groups is 1. The van der Waals surface area contributed by atoms with Crippen LogP contribution in [0.2, 0.25) is 0 Å². The molecule has 0 aliphatic heterocycles. The van der Waals surface area contributed by atoms with Crippen LogP contribution >= 0.6 is 0 Å². The summed E-state index contributed by atoms with van der Waals surface area (Å²) in [6.07, 6.45) is 5.45. The summed E-state index contributed by atoms with van der Waals surface area (Å²) in [5, 5.41) is 16.7. The zero-order chi connectivity index (χ0) is 19.5. The van der Waals surface area contributed by atoms with Gasteiger partial charge in [-0.25, -0.2) is 0 Å². The molecule has 0 radical (unpaired) electrons. The van der Waals surface area contributed by atoms with Crippen molar-refractivity contribution >= 4 is 17.3 Å². The van der Waals surface area contributed by atoms with E-state index in [0.29, 0.717) is 18.7 Å². The molecule has 6 nitrogen and oxygen atoms in total. The highest BCUT2D eigenvalue weighted by Crippen LogP contribution is 2.15. The Bertz CT molecular complexity index is 727. The molecule has 0 heterocycles. The fourth-order valence-electron chi connectivity index (χ4n) is 2.73. The highest BCUT2D eigenvalue weighted by atomic mass is 16.6. The Hall–Kier alpha value is -2.89. The van der Waals surface area contributed by atoms with Gasteiger partial charge in [0.15, 0.2) is 0 Å². The van der Waals surface area contributed by atoms with Gasteiger partial charge in [-0.3, -0.25) is 14.9 Å². The molecular weight excluding hydrogens is 342 g/mol. The third-order valence-corrected chi connectivity index (χ3v) is 4.33. The number of nitrogens with zero attached hydrogens (tertiary/aromatic N) is 1. The highest BCUT2D eigenvalue weighted by Gasteiger charge is 2.05. The second-order valence-electron chi connectivity index (χ2n) is 6.49. The van der Waals surface area contributed by atoms with Crippen molar-refractivity contribution in [2.75, 3.05) is 18.4 Å². The molecule has 0 fully saturated rings. The van der Waals surface area contributed by atoms with Crippen LogP contribution in [0.3, 0.4) is 0 Å². The van der Waals surface area contributed by atoms with Crippen LogP contribution in [0.25, 0.3) is 0 Å². The van der Waals surface area contributed by atoms with Gasteiger partial charge in [-0.05, 0) is 49.1 Å². The van der Waals surface area contributed by atoms with Crippen molar-refractivity contribution in [3.8, 4) is 0 Å². The van der Waals surface area contributed by atoms with Gasteiger partial charge in [0.25, 0.3) is 11.6 Å². The molecule has 27 heavy (non-hydrogen) atoms. The third kappa shape index (κ3) is 7.09. The Morgan fingerprint density at radius 2 is 1.67 bits per heavy atom. The number of rotatable bonds is 11. The number of amides is 1. The van der Waals surface area contributed by atoms with Crippen molar-refractivity contribution in [3.63, 3.8) is 0 Å². The zero-order valence-electron chi connectivity index (χ0n) is 15.7. The molecule has 6 heteroatoms. The van der Waals surface area contributed by atoms with E-state index in [-0.39, 0.29) is 11.6 Å². The lowest BCUT2D eigenvalue weighted by molar-refractivity contribution is -0.384. The summed E-state index contributed by atoms with van der Waals surface area (Å²) in [7, 11) is 0. The van der Waals surface area contributed by atoms with E-state index in [0.717, 1.165) is 18.5 Å². The van der Waals surface area contributed by atoms with Crippen LogP contribution in [0.15, 0.2) is 48.5 Å².